The minimum absolute atomic E-state index is 0.120. The standard InChI is InChI=1S/C20H25N3OS/c1-15-19(25-18(21-15)10-14-22-11-4-5-12-22)20(24)23-13-6-8-16-7-2-3-9-17(16)23/h2-3,7,9H,4-6,8,10-14H2,1H3. The molecule has 0 bridgehead atoms. The van der Waals surface area contributed by atoms with Crippen molar-refractivity contribution in [2.24, 2.45) is 0 Å². The molecule has 1 saturated heterocycles. The summed E-state index contributed by atoms with van der Waals surface area (Å²) in [5.74, 6) is 0.120. The summed E-state index contributed by atoms with van der Waals surface area (Å²) in [4.78, 5) is 23.1. The topological polar surface area (TPSA) is 36.4 Å². The molecule has 2 aromatic rings. The van der Waals surface area contributed by atoms with Crippen molar-refractivity contribution in [3.05, 3.63) is 45.4 Å². The highest BCUT2D eigenvalue weighted by molar-refractivity contribution is 7.14. The Morgan fingerprint density at radius 2 is 1.96 bits per heavy atom. The predicted molar refractivity (Wildman–Crippen MR) is 103 cm³/mol. The van der Waals surface area contributed by atoms with Gasteiger partial charge in [-0.05, 0) is 57.3 Å². The lowest BCUT2D eigenvalue weighted by Crippen LogP contribution is -2.35. The fourth-order valence-electron chi connectivity index (χ4n) is 3.88. The number of para-hydroxylation sites is 1. The molecule has 5 heteroatoms. The summed E-state index contributed by atoms with van der Waals surface area (Å²) in [6.07, 6.45) is 5.67. The van der Waals surface area contributed by atoms with Crippen LogP contribution in [-0.4, -0.2) is 42.0 Å². The summed E-state index contributed by atoms with van der Waals surface area (Å²) in [7, 11) is 0. The molecule has 0 radical (unpaired) electrons. The lowest BCUT2D eigenvalue weighted by atomic mass is 10.0. The van der Waals surface area contributed by atoms with Crippen molar-refractivity contribution >= 4 is 22.9 Å². The highest BCUT2D eigenvalue weighted by Crippen LogP contribution is 2.30. The Balaban J connectivity index is 1.51. The van der Waals surface area contributed by atoms with Crippen LogP contribution in [0.15, 0.2) is 24.3 Å². The van der Waals surface area contributed by atoms with Crippen molar-refractivity contribution < 1.29 is 4.79 Å². The van der Waals surface area contributed by atoms with Crippen LogP contribution < -0.4 is 4.90 Å². The molecule has 1 aromatic carbocycles. The van der Waals surface area contributed by atoms with E-state index in [9.17, 15) is 4.79 Å². The molecule has 3 heterocycles. The number of amides is 1. The monoisotopic (exact) mass is 355 g/mol. The van der Waals surface area contributed by atoms with Crippen LogP contribution in [-0.2, 0) is 12.8 Å². The van der Waals surface area contributed by atoms with E-state index < -0.39 is 0 Å². The first kappa shape index (κ1) is 16.7. The molecule has 0 saturated carbocycles. The van der Waals surface area contributed by atoms with Crippen molar-refractivity contribution in [2.45, 2.75) is 39.0 Å². The van der Waals surface area contributed by atoms with Crippen LogP contribution in [0.2, 0.25) is 0 Å². The van der Waals surface area contributed by atoms with E-state index in [2.05, 4.69) is 28.1 Å². The molecule has 2 aliphatic heterocycles. The molecule has 0 aliphatic carbocycles. The van der Waals surface area contributed by atoms with Gasteiger partial charge in [0, 0.05) is 25.2 Å². The maximum absolute atomic E-state index is 13.1. The Kier molecular flexibility index (Phi) is 4.86. The lowest BCUT2D eigenvalue weighted by molar-refractivity contribution is 0.0988. The average molecular weight is 356 g/mol. The zero-order valence-corrected chi connectivity index (χ0v) is 15.6. The molecule has 0 spiro atoms. The molecule has 25 heavy (non-hydrogen) atoms. The molecule has 132 valence electrons. The minimum atomic E-state index is 0.120. The van der Waals surface area contributed by atoms with Gasteiger partial charge < -0.3 is 9.80 Å². The molecular formula is C20H25N3OS. The molecular weight excluding hydrogens is 330 g/mol. The van der Waals surface area contributed by atoms with Gasteiger partial charge in [0.2, 0.25) is 0 Å². The molecule has 4 nitrogen and oxygen atoms in total. The van der Waals surface area contributed by atoms with Crippen LogP contribution in [0.1, 0.15) is 45.2 Å². The van der Waals surface area contributed by atoms with Crippen LogP contribution in [0.4, 0.5) is 5.69 Å². The number of rotatable bonds is 4. The number of aryl methyl sites for hydroxylation is 2. The highest BCUT2D eigenvalue weighted by Gasteiger charge is 2.26. The first-order valence-electron chi connectivity index (χ1n) is 9.31. The molecule has 1 amide bonds. The van der Waals surface area contributed by atoms with Gasteiger partial charge in [0.25, 0.3) is 5.91 Å². The van der Waals surface area contributed by atoms with E-state index in [1.165, 1.54) is 31.5 Å². The molecule has 2 aliphatic rings. The van der Waals surface area contributed by atoms with Crippen molar-refractivity contribution in [3.63, 3.8) is 0 Å². The van der Waals surface area contributed by atoms with E-state index in [4.69, 9.17) is 0 Å². The predicted octanol–water partition coefficient (Wildman–Crippen LogP) is 3.68. The number of thiazole rings is 1. The first-order chi connectivity index (χ1) is 12.2. The first-order valence-corrected chi connectivity index (χ1v) is 10.1. The molecule has 0 N–H and O–H groups in total. The van der Waals surface area contributed by atoms with Gasteiger partial charge in [0.15, 0.2) is 0 Å². The highest BCUT2D eigenvalue weighted by atomic mass is 32.1. The fraction of sp³-hybridized carbons (Fsp3) is 0.500. The Bertz CT molecular complexity index is 764. The summed E-state index contributed by atoms with van der Waals surface area (Å²) in [6, 6.07) is 8.28. The van der Waals surface area contributed by atoms with E-state index in [1.807, 2.05) is 17.9 Å². The third kappa shape index (κ3) is 3.48. The van der Waals surface area contributed by atoms with E-state index in [0.29, 0.717) is 0 Å². The summed E-state index contributed by atoms with van der Waals surface area (Å²) in [5, 5.41) is 1.10. The van der Waals surface area contributed by atoms with Crippen LogP contribution in [0, 0.1) is 6.92 Å². The smallest absolute Gasteiger partial charge is 0.270 e. The van der Waals surface area contributed by atoms with Gasteiger partial charge in [-0.3, -0.25) is 4.79 Å². The summed E-state index contributed by atoms with van der Waals surface area (Å²) >= 11 is 1.59. The third-order valence-electron chi connectivity index (χ3n) is 5.23. The number of benzene rings is 1. The summed E-state index contributed by atoms with van der Waals surface area (Å²) in [5.41, 5.74) is 3.23. The SMILES string of the molecule is Cc1nc(CCN2CCCC2)sc1C(=O)N1CCCc2ccccc21. The van der Waals surface area contributed by atoms with E-state index >= 15 is 0 Å². The number of likely N-dealkylation sites (tertiary alicyclic amines) is 1. The van der Waals surface area contributed by atoms with Gasteiger partial charge in [-0.25, -0.2) is 4.98 Å². The number of anilines is 1. The molecule has 1 aromatic heterocycles. The van der Waals surface area contributed by atoms with E-state index in [1.54, 1.807) is 11.3 Å². The third-order valence-corrected chi connectivity index (χ3v) is 6.44. The normalized spacial score (nSPS) is 17.7. The number of nitrogens with zero attached hydrogens (tertiary/aromatic N) is 3. The van der Waals surface area contributed by atoms with Crippen LogP contribution in [0.3, 0.4) is 0 Å². The van der Waals surface area contributed by atoms with Crippen molar-refractivity contribution in [1.29, 1.82) is 0 Å². The fourth-order valence-corrected chi connectivity index (χ4v) is 4.89. The quantitative estimate of drug-likeness (QED) is 0.839. The Labute approximate surface area is 153 Å². The minimum Gasteiger partial charge on any atom is -0.307 e. The van der Waals surface area contributed by atoms with Gasteiger partial charge in [0.05, 0.1) is 10.7 Å². The van der Waals surface area contributed by atoms with E-state index in [0.717, 1.165) is 53.6 Å². The van der Waals surface area contributed by atoms with Gasteiger partial charge >= 0.3 is 0 Å². The largest absolute Gasteiger partial charge is 0.307 e. The zero-order chi connectivity index (χ0) is 17.2. The number of hydrogen-bond donors (Lipinski definition) is 0. The van der Waals surface area contributed by atoms with Gasteiger partial charge in [-0.15, -0.1) is 11.3 Å². The summed E-state index contributed by atoms with van der Waals surface area (Å²) < 4.78 is 0. The number of carbonyl (C=O) groups is 1. The Morgan fingerprint density at radius 1 is 1.16 bits per heavy atom. The molecule has 0 unspecified atom stereocenters. The number of carbonyl (C=O) groups excluding carboxylic acids is 1. The van der Waals surface area contributed by atoms with Gasteiger partial charge in [-0.2, -0.15) is 0 Å². The number of fused-ring (bicyclic) bond motifs is 1. The van der Waals surface area contributed by atoms with Gasteiger partial charge in [-0.1, -0.05) is 18.2 Å². The van der Waals surface area contributed by atoms with Gasteiger partial charge in [0.1, 0.15) is 4.88 Å². The van der Waals surface area contributed by atoms with Crippen molar-refractivity contribution in [2.75, 3.05) is 31.1 Å². The molecule has 1 fully saturated rings. The van der Waals surface area contributed by atoms with E-state index in [-0.39, 0.29) is 5.91 Å². The van der Waals surface area contributed by atoms with Crippen LogP contribution >= 0.6 is 11.3 Å². The zero-order valence-electron chi connectivity index (χ0n) is 14.8. The second kappa shape index (κ2) is 7.26. The van der Waals surface area contributed by atoms with Crippen LogP contribution in [0.25, 0.3) is 0 Å². The summed E-state index contributed by atoms with van der Waals surface area (Å²) in [6.45, 7) is 6.25. The van der Waals surface area contributed by atoms with Crippen molar-refractivity contribution in [1.82, 2.24) is 9.88 Å². The molecule has 4 rings (SSSR count). The number of hydrogen-bond acceptors (Lipinski definition) is 4. The van der Waals surface area contributed by atoms with Crippen LogP contribution in [0.5, 0.6) is 0 Å². The second-order valence-corrected chi connectivity index (χ2v) is 8.09. The maximum atomic E-state index is 13.1. The molecule has 0 atom stereocenters. The Morgan fingerprint density at radius 3 is 2.80 bits per heavy atom. The second-order valence-electron chi connectivity index (χ2n) is 7.01. The maximum Gasteiger partial charge on any atom is 0.270 e. The lowest BCUT2D eigenvalue weighted by Gasteiger charge is -2.29. The van der Waals surface area contributed by atoms with Crippen molar-refractivity contribution in [3.8, 4) is 0 Å². The number of aromatic nitrogens is 1. The Hall–Kier alpha value is -1.72. The average Bonchev–Trinajstić information content (AvgIpc) is 3.28.